The molecule has 1 aromatic carbocycles. The number of anilines is 1. The van der Waals surface area contributed by atoms with Gasteiger partial charge in [0.25, 0.3) is 0 Å². The Kier molecular flexibility index (Phi) is 1.70. The molecule has 0 fully saturated rings. The molecular formula is C8H8N4O. The third kappa shape index (κ3) is 1.24. The molecule has 2 rings (SSSR count). The van der Waals surface area contributed by atoms with Crippen LogP contribution in [0.2, 0.25) is 0 Å². The van der Waals surface area contributed by atoms with E-state index in [1.807, 2.05) is 18.2 Å². The van der Waals surface area contributed by atoms with Crippen LogP contribution in [0.15, 0.2) is 18.2 Å². The maximum atomic E-state index is 10.5. The van der Waals surface area contributed by atoms with Crippen LogP contribution >= 0.6 is 0 Å². The third-order valence-corrected chi connectivity index (χ3v) is 1.87. The van der Waals surface area contributed by atoms with Gasteiger partial charge in [-0.2, -0.15) is 0 Å². The molecule has 0 aliphatic carbocycles. The molecule has 5 heteroatoms. The number of nitrogens with zero attached hydrogens (tertiary/aromatic N) is 3. The van der Waals surface area contributed by atoms with Crippen LogP contribution in [0, 0.1) is 0 Å². The second-order valence-corrected chi connectivity index (χ2v) is 2.73. The smallest absolute Gasteiger partial charge is 0.213 e. The summed E-state index contributed by atoms with van der Waals surface area (Å²) in [5.74, 6) is 0. The molecule has 1 aromatic heterocycles. The molecule has 1 heterocycles. The Morgan fingerprint density at radius 2 is 2.38 bits per heavy atom. The van der Waals surface area contributed by atoms with Gasteiger partial charge in [0.15, 0.2) is 0 Å². The molecule has 5 nitrogen and oxygen atoms in total. The number of benzene rings is 1. The van der Waals surface area contributed by atoms with Crippen LogP contribution < -0.4 is 4.90 Å². The number of aromatic amines is 1. The first kappa shape index (κ1) is 7.72. The zero-order chi connectivity index (χ0) is 9.26. The zero-order valence-corrected chi connectivity index (χ0v) is 7.06. The van der Waals surface area contributed by atoms with Gasteiger partial charge in [-0.25, -0.2) is 0 Å². The second kappa shape index (κ2) is 2.85. The number of amides is 1. The van der Waals surface area contributed by atoms with Crippen molar-refractivity contribution in [1.82, 2.24) is 15.4 Å². The first-order valence-electron chi connectivity index (χ1n) is 3.80. The van der Waals surface area contributed by atoms with Crippen LogP contribution in [0.3, 0.4) is 0 Å². The fraction of sp³-hybridized carbons (Fsp3) is 0.125. The fourth-order valence-electron chi connectivity index (χ4n) is 1.11. The minimum Gasteiger partial charge on any atom is -0.318 e. The highest BCUT2D eigenvalue weighted by Gasteiger charge is 2.01. The summed E-state index contributed by atoms with van der Waals surface area (Å²) in [6.07, 6.45) is 0.755. The van der Waals surface area contributed by atoms with Crippen LogP contribution in [0.4, 0.5) is 5.69 Å². The Balaban J connectivity index is 2.53. The van der Waals surface area contributed by atoms with Crippen LogP contribution in [0.5, 0.6) is 0 Å². The molecular weight excluding hydrogens is 168 g/mol. The average Bonchev–Trinajstić information content (AvgIpc) is 2.63. The van der Waals surface area contributed by atoms with E-state index in [2.05, 4.69) is 15.4 Å². The van der Waals surface area contributed by atoms with E-state index in [9.17, 15) is 4.79 Å². The van der Waals surface area contributed by atoms with Crippen molar-refractivity contribution >= 4 is 23.1 Å². The van der Waals surface area contributed by atoms with Crippen molar-refractivity contribution in [3.63, 3.8) is 0 Å². The van der Waals surface area contributed by atoms with E-state index in [0.29, 0.717) is 0 Å². The number of fused-ring (bicyclic) bond motifs is 1. The topological polar surface area (TPSA) is 61.9 Å². The number of hydrogen-bond acceptors (Lipinski definition) is 3. The normalized spacial score (nSPS) is 10.2. The Labute approximate surface area is 74.3 Å². The number of carbonyl (C=O) groups excluding carboxylic acids is 1. The highest BCUT2D eigenvalue weighted by Crippen LogP contribution is 2.16. The molecule has 0 bridgehead atoms. The predicted octanol–water partition coefficient (Wildman–Crippen LogP) is 0.550. The molecule has 0 radical (unpaired) electrons. The molecule has 0 saturated carbocycles. The van der Waals surface area contributed by atoms with Gasteiger partial charge in [-0.1, -0.05) is 5.21 Å². The summed E-state index contributed by atoms with van der Waals surface area (Å²) < 4.78 is 0. The Morgan fingerprint density at radius 1 is 1.54 bits per heavy atom. The second-order valence-electron chi connectivity index (χ2n) is 2.73. The van der Waals surface area contributed by atoms with Gasteiger partial charge in [0.2, 0.25) is 6.41 Å². The monoisotopic (exact) mass is 176 g/mol. The maximum absolute atomic E-state index is 10.5. The summed E-state index contributed by atoms with van der Waals surface area (Å²) in [5.41, 5.74) is 2.43. The number of nitrogens with one attached hydrogen (secondary N) is 1. The van der Waals surface area contributed by atoms with E-state index in [4.69, 9.17) is 0 Å². The van der Waals surface area contributed by atoms with Gasteiger partial charge in [-0.3, -0.25) is 9.89 Å². The molecule has 2 aromatic rings. The highest BCUT2D eigenvalue weighted by molar-refractivity contribution is 5.83. The zero-order valence-electron chi connectivity index (χ0n) is 7.06. The van der Waals surface area contributed by atoms with E-state index < -0.39 is 0 Å². The van der Waals surface area contributed by atoms with Gasteiger partial charge >= 0.3 is 0 Å². The largest absolute Gasteiger partial charge is 0.318 e. The van der Waals surface area contributed by atoms with Crippen LogP contribution in [-0.2, 0) is 4.79 Å². The third-order valence-electron chi connectivity index (χ3n) is 1.87. The average molecular weight is 176 g/mol. The molecule has 0 atom stereocenters. The lowest BCUT2D eigenvalue weighted by Gasteiger charge is -2.09. The van der Waals surface area contributed by atoms with Gasteiger partial charge < -0.3 is 4.90 Å². The molecule has 0 aliphatic heterocycles. The van der Waals surface area contributed by atoms with Crippen molar-refractivity contribution in [2.24, 2.45) is 0 Å². The predicted molar refractivity (Wildman–Crippen MR) is 48.4 cm³/mol. The van der Waals surface area contributed by atoms with Crippen LogP contribution in [-0.4, -0.2) is 28.9 Å². The molecule has 66 valence electrons. The summed E-state index contributed by atoms with van der Waals surface area (Å²) in [7, 11) is 1.69. The minimum absolute atomic E-state index is 0.755. The van der Waals surface area contributed by atoms with Crippen LogP contribution in [0.1, 0.15) is 0 Å². The Bertz CT molecular complexity index is 436. The summed E-state index contributed by atoms with van der Waals surface area (Å²) in [5, 5.41) is 10.2. The molecule has 1 amide bonds. The van der Waals surface area contributed by atoms with Crippen molar-refractivity contribution in [1.29, 1.82) is 0 Å². The number of hydrogen-bond donors (Lipinski definition) is 1. The number of H-pyrrole nitrogens is 1. The van der Waals surface area contributed by atoms with E-state index in [1.165, 1.54) is 4.90 Å². The standard InChI is InChI=1S/C8H8N4O/c1-12(5-13)6-2-3-7-8(4-6)10-11-9-7/h2-5H,1H3,(H,9,10,11). The first-order chi connectivity index (χ1) is 6.31. The van der Waals surface area contributed by atoms with E-state index in [1.54, 1.807) is 7.05 Å². The molecule has 0 spiro atoms. The van der Waals surface area contributed by atoms with E-state index >= 15 is 0 Å². The number of rotatable bonds is 2. The summed E-state index contributed by atoms with van der Waals surface area (Å²) in [6.45, 7) is 0. The molecule has 13 heavy (non-hydrogen) atoms. The summed E-state index contributed by atoms with van der Waals surface area (Å²) in [4.78, 5) is 12.0. The van der Waals surface area contributed by atoms with Crippen LogP contribution in [0.25, 0.3) is 11.0 Å². The van der Waals surface area contributed by atoms with Crippen molar-refractivity contribution < 1.29 is 4.79 Å². The number of carbonyl (C=O) groups is 1. The Morgan fingerprint density at radius 3 is 3.15 bits per heavy atom. The lowest BCUT2D eigenvalue weighted by molar-refractivity contribution is -0.107. The molecule has 1 N–H and O–H groups in total. The number of aromatic nitrogens is 3. The van der Waals surface area contributed by atoms with Crippen molar-refractivity contribution in [2.75, 3.05) is 11.9 Å². The molecule has 0 unspecified atom stereocenters. The fourth-order valence-corrected chi connectivity index (χ4v) is 1.11. The van der Waals surface area contributed by atoms with Crippen molar-refractivity contribution in [3.8, 4) is 0 Å². The lowest BCUT2D eigenvalue weighted by Crippen LogP contribution is -2.13. The maximum Gasteiger partial charge on any atom is 0.213 e. The first-order valence-corrected chi connectivity index (χ1v) is 3.80. The molecule has 0 aliphatic rings. The SMILES string of the molecule is CN(C=O)c1ccc2nn[nH]c2c1. The minimum atomic E-state index is 0.755. The highest BCUT2D eigenvalue weighted by atomic mass is 16.1. The quantitative estimate of drug-likeness (QED) is 0.679. The lowest BCUT2D eigenvalue weighted by atomic mass is 10.2. The van der Waals surface area contributed by atoms with Gasteiger partial charge in [0.05, 0.1) is 5.52 Å². The van der Waals surface area contributed by atoms with E-state index in [0.717, 1.165) is 23.1 Å². The van der Waals surface area contributed by atoms with Gasteiger partial charge in [0, 0.05) is 12.7 Å². The van der Waals surface area contributed by atoms with Gasteiger partial charge in [-0.15, -0.1) is 5.10 Å². The summed E-state index contributed by atoms with van der Waals surface area (Å²) in [6, 6.07) is 5.46. The Hall–Kier alpha value is -1.91. The molecule has 0 saturated heterocycles. The van der Waals surface area contributed by atoms with Gasteiger partial charge in [0.1, 0.15) is 5.52 Å². The van der Waals surface area contributed by atoms with Crippen molar-refractivity contribution in [2.45, 2.75) is 0 Å². The van der Waals surface area contributed by atoms with E-state index in [-0.39, 0.29) is 0 Å². The van der Waals surface area contributed by atoms with Crippen molar-refractivity contribution in [3.05, 3.63) is 18.2 Å². The van der Waals surface area contributed by atoms with Gasteiger partial charge in [-0.05, 0) is 18.2 Å². The summed E-state index contributed by atoms with van der Waals surface area (Å²) >= 11 is 0.